The summed E-state index contributed by atoms with van der Waals surface area (Å²) in [6, 6.07) is 8.73. The number of nitrogens with one attached hydrogen (secondary N) is 1. The van der Waals surface area contributed by atoms with Gasteiger partial charge in [0, 0.05) is 33.2 Å². The van der Waals surface area contributed by atoms with Crippen molar-refractivity contribution >= 4 is 11.9 Å². The predicted octanol–water partition coefficient (Wildman–Crippen LogP) is 2.34. The number of carbonyl (C=O) groups excluding carboxylic acids is 1. The second-order valence-electron chi connectivity index (χ2n) is 7.19. The van der Waals surface area contributed by atoms with Crippen molar-refractivity contribution in [3.63, 3.8) is 0 Å². The maximum absolute atomic E-state index is 11.9. The van der Waals surface area contributed by atoms with Gasteiger partial charge in [0.25, 0.3) is 0 Å². The first-order valence-corrected chi connectivity index (χ1v) is 9.85. The quantitative estimate of drug-likeness (QED) is 0.451. The van der Waals surface area contributed by atoms with Crippen LogP contribution in [0.15, 0.2) is 29.3 Å². The molecule has 0 amide bonds. The number of likely N-dealkylation sites (tertiary alicyclic amines) is 1. The number of nitrogens with zero attached hydrogens (tertiary/aromatic N) is 3. The van der Waals surface area contributed by atoms with Crippen LogP contribution in [-0.4, -0.2) is 62.1 Å². The zero-order chi connectivity index (χ0) is 19.8. The molecule has 2 unspecified atom stereocenters. The zero-order valence-corrected chi connectivity index (χ0v) is 17.4. The minimum Gasteiger partial charge on any atom is -0.469 e. The first kappa shape index (κ1) is 21.2. The Bertz CT molecular complexity index is 626. The van der Waals surface area contributed by atoms with E-state index in [1.807, 2.05) is 0 Å². The number of ether oxygens (including phenoxy) is 1. The molecule has 2 rings (SSSR count). The molecule has 1 saturated heterocycles. The van der Waals surface area contributed by atoms with E-state index >= 15 is 0 Å². The number of carbonyl (C=O) groups is 1. The number of guanidine groups is 1. The Morgan fingerprint density at radius 2 is 1.85 bits per heavy atom. The fourth-order valence-corrected chi connectivity index (χ4v) is 3.58. The molecule has 0 saturated carbocycles. The summed E-state index contributed by atoms with van der Waals surface area (Å²) in [5.41, 5.74) is 2.55. The van der Waals surface area contributed by atoms with Gasteiger partial charge < -0.3 is 15.0 Å². The summed E-state index contributed by atoms with van der Waals surface area (Å²) < 4.78 is 4.92. The molecular formula is C21H34N4O2. The number of benzene rings is 1. The molecule has 1 aliphatic rings. The highest BCUT2D eigenvalue weighted by Gasteiger charge is 2.36. The SMILES string of the molecule is CCN(CC)Cc1ccc(CNC(=NC)N2CC(C)C(C(=O)OC)C2)cc1. The monoisotopic (exact) mass is 374 g/mol. The highest BCUT2D eigenvalue weighted by molar-refractivity contribution is 5.82. The van der Waals surface area contributed by atoms with Crippen LogP contribution in [0.4, 0.5) is 0 Å². The molecular weight excluding hydrogens is 340 g/mol. The van der Waals surface area contributed by atoms with Gasteiger partial charge >= 0.3 is 5.97 Å². The molecule has 2 atom stereocenters. The minimum atomic E-state index is -0.135. The van der Waals surface area contributed by atoms with Gasteiger partial charge in [-0.05, 0) is 30.1 Å². The molecule has 6 heteroatoms. The van der Waals surface area contributed by atoms with Gasteiger partial charge in [-0.25, -0.2) is 0 Å². The van der Waals surface area contributed by atoms with Crippen LogP contribution in [0.3, 0.4) is 0 Å². The van der Waals surface area contributed by atoms with Gasteiger partial charge in [0.15, 0.2) is 5.96 Å². The molecule has 0 bridgehead atoms. The van der Waals surface area contributed by atoms with E-state index in [-0.39, 0.29) is 17.8 Å². The normalized spacial score (nSPS) is 20.2. The van der Waals surface area contributed by atoms with Crippen molar-refractivity contribution in [3.05, 3.63) is 35.4 Å². The number of esters is 1. The van der Waals surface area contributed by atoms with E-state index < -0.39 is 0 Å². The average Bonchev–Trinajstić information content (AvgIpc) is 3.08. The van der Waals surface area contributed by atoms with Crippen LogP contribution in [0.1, 0.15) is 31.9 Å². The Hall–Kier alpha value is -2.08. The van der Waals surface area contributed by atoms with Crippen LogP contribution in [0.25, 0.3) is 0 Å². The fourth-order valence-electron chi connectivity index (χ4n) is 3.58. The number of aliphatic imine (C=N–C) groups is 1. The maximum atomic E-state index is 11.9. The van der Waals surface area contributed by atoms with E-state index in [4.69, 9.17) is 4.74 Å². The van der Waals surface area contributed by atoms with E-state index in [1.165, 1.54) is 18.2 Å². The Morgan fingerprint density at radius 1 is 1.22 bits per heavy atom. The molecule has 0 radical (unpaired) electrons. The van der Waals surface area contributed by atoms with Crippen molar-refractivity contribution in [2.75, 3.05) is 40.3 Å². The maximum Gasteiger partial charge on any atom is 0.310 e. The molecule has 1 aliphatic heterocycles. The molecule has 1 fully saturated rings. The van der Waals surface area contributed by atoms with Crippen molar-refractivity contribution in [2.24, 2.45) is 16.8 Å². The molecule has 150 valence electrons. The van der Waals surface area contributed by atoms with Crippen molar-refractivity contribution < 1.29 is 9.53 Å². The molecule has 1 heterocycles. The summed E-state index contributed by atoms with van der Waals surface area (Å²) >= 11 is 0. The van der Waals surface area contributed by atoms with E-state index in [1.54, 1.807) is 7.05 Å². The number of methoxy groups -OCH3 is 1. The first-order valence-electron chi connectivity index (χ1n) is 9.85. The number of rotatable bonds is 7. The van der Waals surface area contributed by atoms with Crippen molar-refractivity contribution in [2.45, 2.75) is 33.9 Å². The van der Waals surface area contributed by atoms with Gasteiger partial charge in [-0.15, -0.1) is 0 Å². The predicted molar refractivity (Wildman–Crippen MR) is 110 cm³/mol. The second kappa shape index (κ2) is 10.3. The Labute approximate surface area is 163 Å². The van der Waals surface area contributed by atoms with Crippen molar-refractivity contribution in [1.29, 1.82) is 0 Å². The molecule has 1 aromatic rings. The van der Waals surface area contributed by atoms with Gasteiger partial charge in [0.05, 0.1) is 13.0 Å². The third kappa shape index (κ3) is 5.70. The van der Waals surface area contributed by atoms with Crippen molar-refractivity contribution in [3.8, 4) is 0 Å². The Balaban J connectivity index is 1.90. The smallest absolute Gasteiger partial charge is 0.310 e. The summed E-state index contributed by atoms with van der Waals surface area (Å²) in [6.45, 7) is 11.8. The molecule has 1 aromatic carbocycles. The van der Waals surface area contributed by atoms with Crippen LogP contribution in [0.2, 0.25) is 0 Å². The first-order chi connectivity index (χ1) is 13.0. The lowest BCUT2D eigenvalue weighted by molar-refractivity contribution is -0.145. The standard InChI is InChI=1S/C21H34N4O2/c1-6-24(7-2)14-18-10-8-17(9-11-18)12-23-21(22-4)25-13-16(3)19(15-25)20(26)27-5/h8-11,16,19H,6-7,12-15H2,1-5H3,(H,22,23). The van der Waals surface area contributed by atoms with Crippen LogP contribution in [0.5, 0.6) is 0 Å². The Morgan fingerprint density at radius 3 is 2.41 bits per heavy atom. The molecule has 0 aromatic heterocycles. The van der Waals surface area contributed by atoms with Gasteiger partial charge in [-0.1, -0.05) is 45.0 Å². The highest BCUT2D eigenvalue weighted by atomic mass is 16.5. The molecule has 0 aliphatic carbocycles. The van der Waals surface area contributed by atoms with E-state index in [0.717, 1.165) is 32.1 Å². The third-order valence-electron chi connectivity index (χ3n) is 5.40. The van der Waals surface area contributed by atoms with Gasteiger partial charge in [-0.2, -0.15) is 0 Å². The summed E-state index contributed by atoms with van der Waals surface area (Å²) in [5.74, 6) is 0.869. The van der Waals surface area contributed by atoms with E-state index in [0.29, 0.717) is 13.1 Å². The van der Waals surface area contributed by atoms with E-state index in [9.17, 15) is 4.79 Å². The van der Waals surface area contributed by atoms with Crippen LogP contribution < -0.4 is 5.32 Å². The summed E-state index contributed by atoms with van der Waals surface area (Å²) in [6.07, 6.45) is 0. The fraction of sp³-hybridized carbons (Fsp3) is 0.619. The number of hydrogen-bond acceptors (Lipinski definition) is 4. The Kier molecular flexibility index (Phi) is 8.10. The van der Waals surface area contributed by atoms with Crippen LogP contribution >= 0.6 is 0 Å². The lowest BCUT2D eigenvalue weighted by Crippen LogP contribution is -2.40. The lowest BCUT2D eigenvalue weighted by Gasteiger charge is -2.22. The van der Waals surface area contributed by atoms with Crippen LogP contribution in [0, 0.1) is 11.8 Å². The average molecular weight is 375 g/mol. The second-order valence-corrected chi connectivity index (χ2v) is 7.19. The van der Waals surface area contributed by atoms with Gasteiger partial charge in [0.1, 0.15) is 0 Å². The number of hydrogen-bond donors (Lipinski definition) is 1. The summed E-state index contributed by atoms with van der Waals surface area (Å²) in [4.78, 5) is 20.8. The molecule has 6 nitrogen and oxygen atoms in total. The summed E-state index contributed by atoms with van der Waals surface area (Å²) in [5, 5.41) is 3.42. The molecule has 27 heavy (non-hydrogen) atoms. The highest BCUT2D eigenvalue weighted by Crippen LogP contribution is 2.24. The molecule has 1 N–H and O–H groups in total. The van der Waals surface area contributed by atoms with Gasteiger partial charge in [0.2, 0.25) is 0 Å². The minimum absolute atomic E-state index is 0.0899. The van der Waals surface area contributed by atoms with Crippen molar-refractivity contribution in [1.82, 2.24) is 15.1 Å². The largest absolute Gasteiger partial charge is 0.469 e. The third-order valence-corrected chi connectivity index (χ3v) is 5.40. The summed E-state index contributed by atoms with van der Waals surface area (Å²) in [7, 11) is 3.24. The zero-order valence-electron chi connectivity index (χ0n) is 17.4. The molecule has 0 spiro atoms. The van der Waals surface area contributed by atoms with E-state index in [2.05, 4.69) is 65.1 Å². The van der Waals surface area contributed by atoms with Crippen LogP contribution in [-0.2, 0) is 22.6 Å². The topological polar surface area (TPSA) is 57.2 Å². The lowest BCUT2D eigenvalue weighted by atomic mass is 9.99. The van der Waals surface area contributed by atoms with Gasteiger partial charge in [-0.3, -0.25) is 14.7 Å².